The van der Waals surface area contributed by atoms with E-state index in [0.29, 0.717) is 6.42 Å². The standard InChI is InChI=1S/C18H36O8/c1-2-3-4-5-6-7-8-9-10-12(18(25)26)14(21)16(23)17(24)15(22)13(20)11-19/h12-17,19-24H,2-11H2,1H3,(H,25,26)/t12?,13-,14?,15+,16+,17-/m0/s1. The van der Waals surface area contributed by atoms with E-state index in [2.05, 4.69) is 6.92 Å². The Hall–Kier alpha value is -0.770. The van der Waals surface area contributed by atoms with Gasteiger partial charge in [-0.1, -0.05) is 58.3 Å². The first-order chi connectivity index (χ1) is 12.3. The number of aliphatic hydroxyl groups is 6. The molecule has 2 unspecified atom stereocenters. The predicted molar refractivity (Wildman–Crippen MR) is 95.5 cm³/mol. The number of carboxylic acid groups (broad SMARTS) is 1. The molecule has 0 amide bonds. The molecule has 0 saturated heterocycles. The molecule has 0 aromatic carbocycles. The molecule has 7 N–H and O–H groups in total. The van der Waals surface area contributed by atoms with Gasteiger partial charge in [-0.15, -0.1) is 0 Å². The van der Waals surface area contributed by atoms with Crippen molar-refractivity contribution in [1.82, 2.24) is 0 Å². The van der Waals surface area contributed by atoms with Gasteiger partial charge in [-0.05, 0) is 6.42 Å². The van der Waals surface area contributed by atoms with Crippen LogP contribution in [-0.4, -0.2) is 78.8 Å². The third-order valence-corrected chi connectivity index (χ3v) is 4.73. The third-order valence-electron chi connectivity index (χ3n) is 4.73. The van der Waals surface area contributed by atoms with Gasteiger partial charge in [-0.2, -0.15) is 0 Å². The Balaban J connectivity index is 4.39. The van der Waals surface area contributed by atoms with Gasteiger partial charge < -0.3 is 35.7 Å². The summed E-state index contributed by atoms with van der Waals surface area (Å²) in [5.41, 5.74) is 0. The lowest BCUT2D eigenvalue weighted by molar-refractivity contribution is -0.165. The molecule has 0 bridgehead atoms. The maximum atomic E-state index is 11.4. The molecule has 0 aromatic rings. The lowest BCUT2D eigenvalue weighted by Crippen LogP contribution is -2.52. The molecule has 156 valence electrons. The molecular weight excluding hydrogens is 344 g/mol. The van der Waals surface area contributed by atoms with Crippen LogP contribution in [0.15, 0.2) is 0 Å². The van der Waals surface area contributed by atoms with Crippen molar-refractivity contribution in [3.63, 3.8) is 0 Å². The number of carbonyl (C=O) groups is 1. The Bertz CT molecular complexity index is 365. The molecule has 8 nitrogen and oxygen atoms in total. The Kier molecular flexibility index (Phi) is 13.9. The normalized spacial score (nSPS) is 18.7. The van der Waals surface area contributed by atoms with Crippen LogP contribution in [0.1, 0.15) is 64.7 Å². The summed E-state index contributed by atoms with van der Waals surface area (Å²) in [4.78, 5) is 11.4. The summed E-state index contributed by atoms with van der Waals surface area (Å²) in [7, 11) is 0. The fraction of sp³-hybridized carbons (Fsp3) is 0.944. The number of hydrogen-bond acceptors (Lipinski definition) is 7. The molecule has 0 heterocycles. The highest BCUT2D eigenvalue weighted by atomic mass is 16.4. The maximum absolute atomic E-state index is 11.4. The Morgan fingerprint density at radius 1 is 0.731 bits per heavy atom. The van der Waals surface area contributed by atoms with Crippen LogP contribution < -0.4 is 0 Å². The van der Waals surface area contributed by atoms with Gasteiger partial charge in [-0.25, -0.2) is 0 Å². The quantitative estimate of drug-likeness (QED) is 0.185. The molecule has 0 aliphatic rings. The van der Waals surface area contributed by atoms with E-state index in [4.69, 9.17) is 5.11 Å². The number of aliphatic hydroxyl groups excluding tert-OH is 6. The van der Waals surface area contributed by atoms with Gasteiger partial charge in [0.15, 0.2) is 0 Å². The van der Waals surface area contributed by atoms with Gasteiger partial charge in [0, 0.05) is 0 Å². The van der Waals surface area contributed by atoms with Crippen molar-refractivity contribution in [2.24, 2.45) is 5.92 Å². The molecule has 0 aliphatic heterocycles. The van der Waals surface area contributed by atoms with Gasteiger partial charge in [0.2, 0.25) is 0 Å². The van der Waals surface area contributed by atoms with E-state index in [1.54, 1.807) is 0 Å². The van der Waals surface area contributed by atoms with E-state index in [1.165, 1.54) is 19.3 Å². The highest BCUT2D eigenvalue weighted by Gasteiger charge is 2.39. The van der Waals surface area contributed by atoms with Crippen molar-refractivity contribution in [3.05, 3.63) is 0 Å². The summed E-state index contributed by atoms with van der Waals surface area (Å²) in [6.45, 7) is 1.30. The molecular formula is C18H36O8. The van der Waals surface area contributed by atoms with Gasteiger partial charge in [0.05, 0.1) is 18.6 Å². The molecule has 26 heavy (non-hydrogen) atoms. The first-order valence-electron chi connectivity index (χ1n) is 9.51. The third kappa shape index (κ3) is 9.25. The van der Waals surface area contributed by atoms with Gasteiger partial charge in [0.1, 0.15) is 24.4 Å². The maximum Gasteiger partial charge on any atom is 0.309 e. The van der Waals surface area contributed by atoms with E-state index >= 15 is 0 Å². The predicted octanol–water partition coefficient (Wildman–Crippen LogP) is 0.0148. The molecule has 0 aromatic heterocycles. The molecule has 6 atom stereocenters. The largest absolute Gasteiger partial charge is 0.481 e. The summed E-state index contributed by atoms with van der Waals surface area (Å²) < 4.78 is 0. The van der Waals surface area contributed by atoms with E-state index in [1.807, 2.05) is 0 Å². The molecule has 8 heteroatoms. The van der Waals surface area contributed by atoms with Crippen LogP contribution in [0.2, 0.25) is 0 Å². The summed E-state index contributed by atoms with van der Waals surface area (Å²) in [6.07, 6.45) is -1.06. The summed E-state index contributed by atoms with van der Waals surface area (Å²) >= 11 is 0. The van der Waals surface area contributed by atoms with Gasteiger partial charge in [0.25, 0.3) is 0 Å². The first-order valence-corrected chi connectivity index (χ1v) is 9.51. The van der Waals surface area contributed by atoms with E-state index < -0.39 is 49.0 Å². The van der Waals surface area contributed by atoms with Crippen molar-refractivity contribution in [2.75, 3.05) is 6.61 Å². The SMILES string of the molecule is CCCCCCCCCCC(C(=O)O)C(O)[C@@H](O)[C@@H](O)[C@H](O)[C@@H](O)CO. The Morgan fingerprint density at radius 2 is 1.19 bits per heavy atom. The van der Waals surface area contributed by atoms with Crippen LogP contribution in [0.3, 0.4) is 0 Å². The number of hydrogen-bond donors (Lipinski definition) is 7. The second kappa shape index (κ2) is 14.3. The lowest BCUT2D eigenvalue weighted by Gasteiger charge is -2.31. The second-order valence-electron chi connectivity index (χ2n) is 6.92. The van der Waals surface area contributed by atoms with Gasteiger partial charge in [-0.3, -0.25) is 4.79 Å². The number of unbranched alkanes of at least 4 members (excludes halogenated alkanes) is 7. The molecule has 0 rings (SSSR count). The van der Waals surface area contributed by atoms with Crippen LogP contribution in [0, 0.1) is 5.92 Å². The zero-order valence-corrected chi connectivity index (χ0v) is 15.6. The molecule has 0 saturated carbocycles. The van der Waals surface area contributed by atoms with Crippen LogP contribution in [0.5, 0.6) is 0 Å². The lowest BCUT2D eigenvalue weighted by atomic mass is 9.88. The Morgan fingerprint density at radius 3 is 1.65 bits per heavy atom. The number of aliphatic carboxylic acids is 1. The van der Waals surface area contributed by atoms with Crippen LogP contribution in [0.25, 0.3) is 0 Å². The smallest absolute Gasteiger partial charge is 0.309 e. The van der Waals surface area contributed by atoms with E-state index in [9.17, 15) is 35.4 Å². The monoisotopic (exact) mass is 380 g/mol. The minimum atomic E-state index is -1.98. The summed E-state index contributed by atoms with van der Waals surface area (Å²) in [5, 5.41) is 66.7. The molecule has 0 fully saturated rings. The topological polar surface area (TPSA) is 159 Å². The molecule has 0 spiro atoms. The van der Waals surface area contributed by atoms with Crippen molar-refractivity contribution in [3.8, 4) is 0 Å². The summed E-state index contributed by atoms with van der Waals surface area (Å²) in [6, 6.07) is 0. The summed E-state index contributed by atoms with van der Waals surface area (Å²) in [5.74, 6) is -2.60. The van der Waals surface area contributed by atoms with Crippen molar-refractivity contribution < 1.29 is 40.5 Å². The minimum Gasteiger partial charge on any atom is -0.481 e. The molecule has 0 aliphatic carbocycles. The number of rotatable bonds is 16. The van der Waals surface area contributed by atoms with E-state index in [-0.39, 0.29) is 6.42 Å². The first kappa shape index (κ1) is 25.2. The van der Waals surface area contributed by atoms with Crippen molar-refractivity contribution >= 4 is 5.97 Å². The zero-order chi connectivity index (χ0) is 20.1. The van der Waals surface area contributed by atoms with E-state index in [0.717, 1.165) is 25.7 Å². The average Bonchev–Trinajstić information content (AvgIpc) is 2.63. The average molecular weight is 380 g/mol. The highest BCUT2D eigenvalue weighted by molar-refractivity contribution is 5.70. The molecule has 0 radical (unpaired) electrons. The minimum absolute atomic E-state index is 0.133. The Labute approximate surface area is 155 Å². The highest BCUT2D eigenvalue weighted by Crippen LogP contribution is 2.21. The van der Waals surface area contributed by atoms with Crippen LogP contribution in [0.4, 0.5) is 0 Å². The number of carboxylic acids is 1. The fourth-order valence-corrected chi connectivity index (χ4v) is 2.92. The van der Waals surface area contributed by atoms with Crippen LogP contribution >= 0.6 is 0 Å². The van der Waals surface area contributed by atoms with Gasteiger partial charge >= 0.3 is 5.97 Å². The van der Waals surface area contributed by atoms with Crippen molar-refractivity contribution in [1.29, 1.82) is 0 Å². The van der Waals surface area contributed by atoms with Crippen molar-refractivity contribution in [2.45, 2.75) is 95.2 Å². The zero-order valence-electron chi connectivity index (χ0n) is 15.6. The fourth-order valence-electron chi connectivity index (χ4n) is 2.92. The second-order valence-corrected chi connectivity index (χ2v) is 6.92. The van der Waals surface area contributed by atoms with Crippen LogP contribution in [-0.2, 0) is 4.79 Å².